The first-order valence-corrected chi connectivity index (χ1v) is 4.57. The van der Waals surface area contributed by atoms with Crippen LogP contribution in [0.5, 0.6) is 0 Å². The fraction of sp³-hybridized carbons (Fsp3) is 0.889. The number of carbonyl (C=O) groups is 1. The van der Waals surface area contributed by atoms with Crippen molar-refractivity contribution in [3.05, 3.63) is 0 Å². The van der Waals surface area contributed by atoms with E-state index in [0.29, 0.717) is 13.0 Å². The number of nitrogens with zero attached hydrogens (tertiary/aromatic N) is 1. The third-order valence-electron chi connectivity index (χ3n) is 2.48. The molecule has 1 unspecified atom stereocenters. The van der Waals surface area contributed by atoms with E-state index in [4.69, 9.17) is 10.8 Å². The van der Waals surface area contributed by atoms with Crippen molar-refractivity contribution in [3.63, 3.8) is 0 Å². The van der Waals surface area contributed by atoms with Crippen molar-refractivity contribution in [1.82, 2.24) is 4.90 Å². The van der Waals surface area contributed by atoms with Crippen LogP contribution in [0.15, 0.2) is 0 Å². The summed E-state index contributed by atoms with van der Waals surface area (Å²) in [6, 6.07) is -0.407. The van der Waals surface area contributed by atoms with Gasteiger partial charge in [0.1, 0.15) is 6.04 Å². The summed E-state index contributed by atoms with van der Waals surface area (Å²) in [6.45, 7) is 6.73. The number of hydrogen-bond acceptors (Lipinski definition) is 3. The minimum atomic E-state index is -0.761. The minimum Gasteiger partial charge on any atom is -0.480 e. The Hall–Kier alpha value is -0.610. The fourth-order valence-corrected chi connectivity index (χ4v) is 1.84. The van der Waals surface area contributed by atoms with Gasteiger partial charge in [-0.3, -0.25) is 9.69 Å². The molecule has 1 saturated heterocycles. The summed E-state index contributed by atoms with van der Waals surface area (Å²) < 4.78 is 0. The van der Waals surface area contributed by atoms with E-state index in [1.807, 2.05) is 25.7 Å². The predicted molar refractivity (Wildman–Crippen MR) is 50.5 cm³/mol. The minimum absolute atomic E-state index is 0.000301. The van der Waals surface area contributed by atoms with Gasteiger partial charge in [-0.2, -0.15) is 0 Å². The van der Waals surface area contributed by atoms with Crippen molar-refractivity contribution in [3.8, 4) is 0 Å². The van der Waals surface area contributed by atoms with E-state index in [2.05, 4.69) is 0 Å². The molecular weight excluding hydrogens is 168 g/mol. The van der Waals surface area contributed by atoms with Crippen LogP contribution < -0.4 is 5.73 Å². The molecule has 2 atom stereocenters. The van der Waals surface area contributed by atoms with Gasteiger partial charge >= 0.3 is 5.97 Å². The lowest BCUT2D eigenvalue weighted by molar-refractivity contribution is -0.143. The summed E-state index contributed by atoms with van der Waals surface area (Å²) in [7, 11) is 0. The first-order valence-electron chi connectivity index (χ1n) is 4.57. The lowest BCUT2D eigenvalue weighted by atomic mass is 10.0. The van der Waals surface area contributed by atoms with Crippen molar-refractivity contribution in [1.29, 1.82) is 0 Å². The molecule has 76 valence electrons. The average Bonchev–Trinajstić information content (AvgIpc) is 2.29. The average molecular weight is 186 g/mol. The summed E-state index contributed by atoms with van der Waals surface area (Å²) in [5, 5.41) is 8.97. The van der Waals surface area contributed by atoms with Crippen LogP contribution >= 0.6 is 0 Å². The summed E-state index contributed by atoms with van der Waals surface area (Å²) in [4.78, 5) is 12.9. The molecule has 0 amide bonds. The van der Waals surface area contributed by atoms with Crippen molar-refractivity contribution >= 4 is 5.97 Å². The third-order valence-corrected chi connectivity index (χ3v) is 2.48. The molecule has 1 rings (SSSR count). The summed E-state index contributed by atoms with van der Waals surface area (Å²) in [6.07, 6.45) is 0.562. The second-order valence-corrected chi connectivity index (χ2v) is 4.67. The van der Waals surface area contributed by atoms with E-state index in [-0.39, 0.29) is 11.6 Å². The van der Waals surface area contributed by atoms with Gasteiger partial charge in [0.15, 0.2) is 0 Å². The zero-order valence-corrected chi connectivity index (χ0v) is 8.45. The van der Waals surface area contributed by atoms with Crippen LogP contribution in [0.4, 0.5) is 0 Å². The lowest BCUT2D eigenvalue weighted by Gasteiger charge is -2.34. The zero-order valence-electron chi connectivity index (χ0n) is 8.45. The first-order chi connectivity index (χ1) is 5.82. The topological polar surface area (TPSA) is 66.6 Å². The van der Waals surface area contributed by atoms with Gasteiger partial charge in [-0.15, -0.1) is 0 Å². The number of rotatable bonds is 1. The maximum Gasteiger partial charge on any atom is 0.320 e. The smallest absolute Gasteiger partial charge is 0.320 e. The van der Waals surface area contributed by atoms with Crippen molar-refractivity contribution in [2.75, 3.05) is 6.54 Å². The zero-order chi connectivity index (χ0) is 10.2. The van der Waals surface area contributed by atoms with Gasteiger partial charge < -0.3 is 10.8 Å². The van der Waals surface area contributed by atoms with Gasteiger partial charge in [0.25, 0.3) is 0 Å². The maximum absolute atomic E-state index is 10.9. The van der Waals surface area contributed by atoms with E-state index >= 15 is 0 Å². The molecule has 13 heavy (non-hydrogen) atoms. The number of hydrogen-bond donors (Lipinski definition) is 2. The molecule has 1 aliphatic rings. The quantitative estimate of drug-likeness (QED) is 0.617. The molecule has 0 spiro atoms. The molecule has 4 nitrogen and oxygen atoms in total. The highest BCUT2D eigenvalue weighted by Gasteiger charge is 2.40. The van der Waals surface area contributed by atoms with E-state index in [9.17, 15) is 4.79 Å². The Morgan fingerprint density at radius 2 is 2.08 bits per heavy atom. The number of aliphatic carboxylic acids is 1. The van der Waals surface area contributed by atoms with E-state index in [1.54, 1.807) is 0 Å². The van der Waals surface area contributed by atoms with Gasteiger partial charge in [0.05, 0.1) is 0 Å². The maximum atomic E-state index is 10.9. The number of carboxylic acid groups (broad SMARTS) is 1. The van der Waals surface area contributed by atoms with E-state index in [0.717, 1.165) is 0 Å². The Balaban J connectivity index is 2.78. The molecule has 0 radical (unpaired) electrons. The largest absolute Gasteiger partial charge is 0.480 e. The summed E-state index contributed by atoms with van der Waals surface area (Å²) in [5.41, 5.74) is 5.63. The Bertz CT molecular complexity index is 210. The van der Waals surface area contributed by atoms with Gasteiger partial charge in [-0.1, -0.05) is 0 Å². The molecule has 4 heteroatoms. The van der Waals surface area contributed by atoms with Crippen molar-refractivity contribution in [2.45, 2.75) is 44.8 Å². The molecule has 1 heterocycles. The molecule has 0 aromatic carbocycles. The van der Waals surface area contributed by atoms with Crippen LogP contribution in [-0.4, -0.2) is 40.1 Å². The highest BCUT2D eigenvalue weighted by molar-refractivity contribution is 5.74. The van der Waals surface area contributed by atoms with Crippen LogP contribution in [0.25, 0.3) is 0 Å². The molecule has 0 aliphatic carbocycles. The Labute approximate surface area is 78.7 Å². The molecular formula is C9H18N2O2. The monoisotopic (exact) mass is 186 g/mol. The molecule has 1 aliphatic heterocycles. The molecule has 0 aromatic rings. The van der Waals surface area contributed by atoms with Gasteiger partial charge in [-0.25, -0.2) is 0 Å². The van der Waals surface area contributed by atoms with Crippen LogP contribution in [0, 0.1) is 0 Å². The standard InChI is InChI=1S/C9H18N2O2/c1-9(2,3)11-5-6(10)4-7(11)8(12)13/h6-7H,4-5,10H2,1-3H3,(H,12,13)/t6?,7-/m0/s1. The normalized spacial score (nSPS) is 30.8. The van der Waals surface area contributed by atoms with Crippen LogP contribution in [-0.2, 0) is 4.79 Å². The molecule has 0 bridgehead atoms. The summed E-state index contributed by atoms with van der Waals surface area (Å²) in [5.74, 6) is -0.761. The van der Waals surface area contributed by atoms with E-state index in [1.165, 1.54) is 0 Å². The predicted octanol–water partition coefficient (Wildman–Crippen LogP) is 0.271. The van der Waals surface area contributed by atoms with Crippen LogP contribution in [0.3, 0.4) is 0 Å². The van der Waals surface area contributed by atoms with Gasteiger partial charge in [0.2, 0.25) is 0 Å². The Kier molecular flexibility index (Phi) is 2.63. The lowest BCUT2D eigenvalue weighted by Crippen LogP contribution is -2.48. The van der Waals surface area contributed by atoms with E-state index < -0.39 is 12.0 Å². The Morgan fingerprint density at radius 1 is 1.54 bits per heavy atom. The Morgan fingerprint density at radius 3 is 2.38 bits per heavy atom. The summed E-state index contributed by atoms with van der Waals surface area (Å²) >= 11 is 0. The molecule has 0 aromatic heterocycles. The highest BCUT2D eigenvalue weighted by atomic mass is 16.4. The third kappa shape index (κ3) is 2.19. The highest BCUT2D eigenvalue weighted by Crippen LogP contribution is 2.25. The number of carboxylic acids is 1. The number of likely N-dealkylation sites (tertiary alicyclic amines) is 1. The molecule has 1 fully saturated rings. The second kappa shape index (κ2) is 3.27. The fourth-order valence-electron chi connectivity index (χ4n) is 1.84. The molecule has 3 N–H and O–H groups in total. The van der Waals surface area contributed by atoms with Crippen molar-refractivity contribution < 1.29 is 9.90 Å². The van der Waals surface area contributed by atoms with Crippen LogP contribution in [0.1, 0.15) is 27.2 Å². The van der Waals surface area contributed by atoms with Crippen molar-refractivity contribution in [2.24, 2.45) is 5.73 Å². The van der Waals surface area contributed by atoms with Gasteiger partial charge in [0, 0.05) is 18.1 Å². The van der Waals surface area contributed by atoms with Crippen LogP contribution in [0.2, 0.25) is 0 Å². The first kappa shape index (κ1) is 10.5. The van der Waals surface area contributed by atoms with Gasteiger partial charge in [-0.05, 0) is 27.2 Å². The SMILES string of the molecule is CC(C)(C)N1CC(N)C[C@H]1C(=O)O. The second-order valence-electron chi connectivity index (χ2n) is 4.67. The number of nitrogens with two attached hydrogens (primary N) is 1. The molecule has 0 saturated carbocycles.